The van der Waals surface area contributed by atoms with E-state index in [2.05, 4.69) is 20.9 Å². The number of carbonyl (C=O) groups is 1. The van der Waals surface area contributed by atoms with Crippen LogP contribution in [0.25, 0.3) is 0 Å². The summed E-state index contributed by atoms with van der Waals surface area (Å²) in [7, 11) is 0. The van der Waals surface area contributed by atoms with Crippen molar-refractivity contribution in [3.05, 3.63) is 14.5 Å². The summed E-state index contributed by atoms with van der Waals surface area (Å²) in [5.41, 5.74) is 0.680. The Bertz CT molecular complexity index is 322. The molecular formula is C8H10BrNO2S. The van der Waals surface area contributed by atoms with Crippen molar-refractivity contribution in [2.75, 3.05) is 0 Å². The molecule has 0 saturated carbocycles. The molecule has 0 aliphatic heterocycles. The van der Waals surface area contributed by atoms with Crippen molar-refractivity contribution >= 4 is 33.2 Å². The number of hydrogen-bond donors (Lipinski definition) is 1. The van der Waals surface area contributed by atoms with Crippen LogP contribution in [0.5, 0.6) is 0 Å². The highest BCUT2D eigenvalue weighted by Gasteiger charge is 2.16. The fraction of sp³-hybridized carbons (Fsp3) is 0.500. The molecule has 1 rings (SSSR count). The van der Waals surface area contributed by atoms with Gasteiger partial charge in [0.25, 0.3) is 0 Å². The van der Waals surface area contributed by atoms with E-state index >= 15 is 0 Å². The molecule has 0 amide bonds. The highest BCUT2D eigenvalue weighted by molar-refractivity contribution is 9.11. The number of carboxylic acid groups (broad SMARTS) is 1. The third kappa shape index (κ3) is 2.77. The van der Waals surface area contributed by atoms with Gasteiger partial charge in [0.1, 0.15) is 4.88 Å². The van der Waals surface area contributed by atoms with E-state index in [4.69, 9.17) is 5.11 Å². The highest BCUT2D eigenvalue weighted by Crippen LogP contribution is 2.25. The van der Waals surface area contributed by atoms with Crippen molar-refractivity contribution in [3.63, 3.8) is 0 Å². The van der Waals surface area contributed by atoms with Gasteiger partial charge >= 0.3 is 5.97 Å². The van der Waals surface area contributed by atoms with E-state index in [1.807, 2.05) is 13.8 Å². The second-order valence-electron chi connectivity index (χ2n) is 3.15. The third-order valence-electron chi connectivity index (χ3n) is 1.47. The minimum Gasteiger partial charge on any atom is -0.477 e. The molecule has 0 aliphatic rings. The van der Waals surface area contributed by atoms with Gasteiger partial charge in [-0.1, -0.05) is 25.2 Å². The predicted molar refractivity (Wildman–Crippen MR) is 55.3 cm³/mol. The quantitative estimate of drug-likeness (QED) is 0.913. The average Bonchev–Trinajstić information content (AvgIpc) is 2.29. The molecule has 5 heteroatoms. The zero-order valence-corrected chi connectivity index (χ0v) is 9.78. The number of nitrogens with zero attached hydrogens (tertiary/aromatic N) is 1. The van der Waals surface area contributed by atoms with Crippen LogP contribution in [0.3, 0.4) is 0 Å². The first kappa shape index (κ1) is 10.7. The van der Waals surface area contributed by atoms with E-state index in [1.165, 1.54) is 11.3 Å². The maximum Gasteiger partial charge on any atom is 0.347 e. The standard InChI is InChI=1S/C8H10BrNO2S/c1-4(2)3-5-6(7(11)12)13-8(9)10-5/h4H,3H2,1-2H3,(H,11,12). The Morgan fingerprint density at radius 1 is 1.69 bits per heavy atom. The van der Waals surface area contributed by atoms with Gasteiger partial charge in [-0.2, -0.15) is 0 Å². The lowest BCUT2D eigenvalue weighted by Crippen LogP contribution is -2.02. The van der Waals surface area contributed by atoms with E-state index in [0.717, 1.165) is 0 Å². The first-order valence-corrected chi connectivity index (χ1v) is 5.50. The van der Waals surface area contributed by atoms with Crippen LogP contribution in [0.2, 0.25) is 0 Å². The molecular weight excluding hydrogens is 254 g/mol. The molecule has 13 heavy (non-hydrogen) atoms. The fourth-order valence-electron chi connectivity index (χ4n) is 1.01. The maximum absolute atomic E-state index is 10.8. The van der Waals surface area contributed by atoms with Gasteiger partial charge in [0, 0.05) is 0 Å². The molecule has 0 aliphatic carbocycles. The maximum atomic E-state index is 10.8. The second kappa shape index (κ2) is 4.19. The monoisotopic (exact) mass is 263 g/mol. The highest BCUT2D eigenvalue weighted by atomic mass is 79.9. The van der Waals surface area contributed by atoms with Crippen molar-refractivity contribution < 1.29 is 9.90 Å². The van der Waals surface area contributed by atoms with Crippen LogP contribution in [-0.2, 0) is 6.42 Å². The Morgan fingerprint density at radius 2 is 2.31 bits per heavy atom. The van der Waals surface area contributed by atoms with Gasteiger partial charge in [0.15, 0.2) is 3.92 Å². The largest absolute Gasteiger partial charge is 0.477 e. The number of hydrogen-bond acceptors (Lipinski definition) is 3. The van der Waals surface area contributed by atoms with Gasteiger partial charge in [-0.25, -0.2) is 9.78 Å². The summed E-state index contributed by atoms with van der Waals surface area (Å²) in [5.74, 6) is -0.467. The topological polar surface area (TPSA) is 50.2 Å². The van der Waals surface area contributed by atoms with Crippen LogP contribution in [0.1, 0.15) is 29.2 Å². The molecule has 0 fully saturated rings. The lowest BCUT2D eigenvalue weighted by atomic mass is 10.1. The zero-order chi connectivity index (χ0) is 10.0. The van der Waals surface area contributed by atoms with Gasteiger partial charge in [0.2, 0.25) is 0 Å². The van der Waals surface area contributed by atoms with Crippen molar-refractivity contribution in [2.24, 2.45) is 5.92 Å². The lowest BCUT2D eigenvalue weighted by molar-refractivity contribution is 0.0700. The Hall–Kier alpha value is -0.420. The van der Waals surface area contributed by atoms with Crippen LogP contribution in [0.4, 0.5) is 0 Å². The summed E-state index contributed by atoms with van der Waals surface area (Å²) >= 11 is 4.36. The van der Waals surface area contributed by atoms with Crippen LogP contribution in [0, 0.1) is 5.92 Å². The molecule has 0 radical (unpaired) electrons. The molecule has 1 aromatic rings. The third-order valence-corrected chi connectivity index (χ3v) is 3.00. The zero-order valence-electron chi connectivity index (χ0n) is 7.37. The van der Waals surface area contributed by atoms with Gasteiger partial charge in [-0.3, -0.25) is 0 Å². The molecule has 1 heterocycles. The SMILES string of the molecule is CC(C)Cc1nc(Br)sc1C(=O)O. The summed E-state index contributed by atoms with van der Waals surface area (Å²) in [4.78, 5) is 15.2. The van der Waals surface area contributed by atoms with E-state index in [1.54, 1.807) is 0 Å². The van der Waals surface area contributed by atoms with Crippen molar-refractivity contribution in [1.29, 1.82) is 0 Å². The Kier molecular flexibility index (Phi) is 3.44. The number of aromatic nitrogens is 1. The first-order valence-electron chi connectivity index (χ1n) is 3.89. The van der Waals surface area contributed by atoms with Crippen LogP contribution < -0.4 is 0 Å². The van der Waals surface area contributed by atoms with Crippen molar-refractivity contribution in [1.82, 2.24) is 4.98 Å². The van der Waals surface area contributed by atoms with E-state index in [9.17, 15) is 4.79 Å². The molecule has 1 aromatic heterocycles. The molecule has 72 valence electrons. The number of halogens is 1. The summed E-state index contributed by atoms with van der Waals surface area (Å²) in [6, 6.07) is 0. The lowest BCUT2D eigenvalue weighted by Gasteiger charge is -2.01. The summed E-state index contributed by atoms with van der Waals surface area (Å²) in [6.45, 7) is 4.08. The van der Waals surface area contributed by atoms with Gasteiger partial charge in [-0.15, -0.1) is 0 Å². The Morgan fingerprint density at radius 3 is 2.77 bits per heavy atom. The number of aromatic carboxylic acids is 1. The van der Waals surface area contributed by atoms with E-state index < -0.39 is 5.97 Å². The average molecular weight is 264 g/mol. The van der Waals surface area contributed by atoms with Crippen molar-refractivity contribution in [2.45, 2.75) is 20.3 Å². The number of thiazole rings is 1. The molecule has 0 unspecified atom stereocenters. The molecule has 3 nitrogen and oxygen atoms in total. The summed E-state index contributed by atoms with van der Waals surface area (Å²) < 4.78 is 0.639. The smallest absolute Gasteiger partial charge is 0.347 e. The van der Waals surface area contributed by atoms with Gasteiger partial charge in [-0.05, 0) is 28.3 Å². The molecule has 0 aromatic carbocycles. The summed E-state index contributed by atoms with van der Waals surface area (Å²) in [5, 5.41) is 8.84. The molecule has 1 N–H and O–H groups in total. The number of carboxylic acids is 1. The van der Waals surface area contributed by atoms with E-state index in [-0.39, 0.29) is 0 Å². The van der Waals surface area contributed by atoms with Gasteiger partial charge < -0.3 is 5.11 Å². The first-order chi connectivity index (χ1) is 6.00. The second-order valence-corrected chi connectivity index (χ2v) is 5.42. The molecule has 0 atom stereocenters. The minimum atomic E-state index is -0.890. The number of rotatable bonds is 3. The molecule has 0 saturated heterocycles. The molecule has 0 bridgehead atoms. The Labute approximate surface area is 88.9 Å². The normalized spacial score (nSPS) is 10.8. The summed E-state index contributed by atoms with van der Waals surface area (Å²) in [6.07, 6.45) is 0.712. The van der Waals surface area contributed by atoms with Crippen molar-refractivity contribution in [3.8, 4) is 0 Å². The fourth-order valence-corrected chi connectivity index (χ4v) is 2.37. The van der Waals surface area contributed by atoms with Crippen LogP contribution in [0.15, 0.2) is 3.92 Å². The minimum absolute atomic E-state index is 0.348. The van der Waals surface area contributed by atoms with E-state index in [0.29, 0.717) is 26.8 Å². The Balaban J connectivity index is 2.97. The van der Waals surface area contributed by atoms with Gasteiger partial charge in [0.05, 0.1) is 5.69 Å². The van der Waals surface area contributed by atoms with Crippen LogP contribution in [-0.4, -0.2) is 16.1 Å². The predicted octanol–water partition coefficient (Wildman–Crippen LogP) is 2.80. The van der Waals surface area contributed by atoms with Crippen LogP contribution >= 0.6 is 27.3 Å². The molecule has 0 spiro atoms.